The maximum Gasteiger partial charge on any atom is 0.133 e. The molecular weight excluding hydrogens is 284 g/mol. The van der Waals surface area contributed by atoms with Gasteiger partial charge in [0.1, 0.15) is 11.4 Å². The number of aromatic nitrogens is 3. The van der Waals surface area contributed by atoms with Gasteiger partial charge in [0.25, 0.3) is 0 Å². The molecule has 0 bridgehead atoms. The van der Waals surface area contributed by atoms with Crippen molar-refractivity contribution in [2.75, 3.05) is 0 Å². The number of aryl methyl sites for hydroxylation is 1. The van der Waals surface area contributed by atoms with Gasteiger partial charge in [0.05, 0.1) is 11.2 Å². The van der Waals surface area contributed by atoms with Gasteiger partial charge in [-0.15, -0.1) is 5.10 Å². The zero-order valence-corrected chi connectivity index (χ0v) is 14.1. The van der Waals surface area contributed by atoms with E-state index in [1.165, 1.54) is 5.56 Å². The molecule has 1 heterocycles. The third-order valence-electron chi connectivity index (χ3n) is 3.58. The van der Waals surface area contributed by atoms with E-state index in [2.05, 4.69) is 50.1 Å². The lowest BCUT2D eigenvalue weighted by atomic mass is 9.91. The molecule has 23 heavy (non-hydrogen) atoms. The Morgan fingerprint density at radius 3 is 2.43 bits per heavy atom. The average molecular weight is 306 g/mol. The molecule has 0 aliphatic heterocycles. The molecule has 0 radical (unpaired) electrons. The molecule has 0 unspecified atom stereocenters. The number of para-hydroxylation sites is 1. The molecule has 0 aliphatic rings. The minimum absolute atomic E-state index is 0.108. The molecule has 4 nitrogen and oxygen atoms in total. The normalized spacial score (nSPS) is 12.8. The number of fused-ring (bicyclic) bond motifs is 1. The molecule has 3 aromatic rings. The van der Waals surface area contributed by atoms with Gasteiger partial charge in [-0.05, 0) is 36.6 Å². The number of hydrogen-bond acceptors (Lipinski definition) is 3. The second-order valence-electron chi connectivity index (χ2n) is 7.09. The van der Waals surface area contributed by atoms with Gasteiger partial charge in [0.15, 0.2) is 0 Å². The van der Waals surface area contributed by atoms with Crippen molar-refractivity contribution in [2.24, 2.45) is 10.4 Å². The van der Waals surface area contributed by atoms with E-state index in [0.717, 1.165) is 29.0 Å². The highest BCUT2D eigenvalue weighted by atomic mass is 15.4. The van der Waals surface area contributed by atoms with Gasteiger partial charge in [0.2, 0.25) is 0 Å². The van der Waals surface area contributed by atoms with E-state index in [9.17, 15) is 0 Å². The summed E-state index contributed by atoms with van der Waals surface area (Å²) in [7, 11) is 0. The first-order valence-corrected chi connectivity index (χ1v) is 7.87. The van der Waals surface area contributed by atoms with Crippen LogP contribution in [0.4, 0.5) is 5.69 Å². The maximum absolute atomic E-state index is 4.85. The van der Waals surface area contributed by atoms with Crippen LogP contribution in [0.3, 0.4) is 0 Å². The number of aliphatic imine (C=N–C) groups is 1. The van der Waals surface area contributed by atoms with Crippen LogP contribution in [0, 0.1) is 12.3 Å². The predicted octanol–water partition coefficient (Wildman–Crippen LogP) is 4.75. The fourth-order valence-electron chi connectivity index (χ4n) is 2.46. The summed E-state index contributed by atoms with van der Waals surface area (Å²) in [4.78, 5) is 4.85. The average Bonchev–Trinajstić information content (AvgIpc) is 2.91. The van der Waals surface area contributed by atoms with Crippen LogP contribution in [0.5, 0.6) is 0 Å². The Labute approximate surface area is 136 Å². The molecule has 0 N–H and O–H groups in total. The lowest BCUT2D eigenvalue weighted by Gasteiger charge is -2.19. The van der Waals surface area contributed by atoms with Gasteiger partial charge in [-0.3, -0.25) is 0 Å². The van der Waals surface area contributed by atoms with E-state index in [0.29, 0.717) is 0 Å². The van der Waals surface area contributed by atoms with Crippen LogP contribution >= 0.6 is 0 Å². The fourth-order valence-corrected chi connectivity index (χ4v) is 2.46. The summed E-state index contributed by atoms with van der Waals surface area (Å²) in [5.41, 5.74) is 4.15. The van der Waals surface area contributed by atoms with Gasteiger partial charge in [-0.25, -0.2) is 4.99 Å². The zero-order chi connectivity index (χ0) is 16.4. The number of hydrogen-bond donors (Lipinski definition) is 0. The first kappa shape index (κ1) is 15.4. The lowest BCUT2D eigenvalue weighted by molar-refractivity contribution is 0.428. The lowest BCUT2D eigenvalue weighted by Crippen LogP contribution is -2.21. The molecule has 1 aromatic heterocycles. The van der Waals surface area contributed by atoms with Gasteiger partial charge in [-0.1, -0.05) is 55.8 Å². The Morgan fingerprint density at radius 2 is 1.74 bits per heavy atom. The van der Waals surface area contributed by atoms with E-state index < -0.39 is 0 Å². The topological polar surface area (TPSA) is 43.1 Å². The van der Waals surface area contributed by atoms with E-state index in [-0.39, 0.29) is 5.41 Å². The van der Waals surface area contributed by atoms with Crippen molar-refractivity contribution in [3.05, 3.63) is 54.1 Å². The monoisotopic (exact) mass is 306 g/mol. The third-order valence-corrected chi connectivity index (χ3v) is 3.58. The van der Waals surface area contributed by atoms with E-state index in [4.69, 9.17) is 4.99 Å². The summed E-state index contributed by atoms with van der Waals surface area (Å²) in [5, 5.41) is 8.59. The number of benzene rings is 2. The first-order chi connectivity index (χ1) is 10.9. The third kappa shape index (κ3) is 3.65. The summed E-state index contributed by atoms with van der Waals surface area (Å²) in [6.45, 7) is 8.69. The molecule has 0 aliphatic carbocycles. The minimum Gasteiger partial charge on any atom is -0.233 e. The number of rotatable bonds is 2. The highest BCUT2D eigenvalue weighted by Crippen LogP contribution is 2.24. The zero-order valence-electron chi connectivity index (χ0n) is 14.1. The van der Waals surface area contributed by atoms with Crippen LogP contribution in [-0.2, 0) is 0 Å². The maximum atomic E-state index is 4.85. The molecule has 0 fully saturated rings. The largest absolute Gasteiger partial charge is 0.233 e. The second-order valence-corrected chi connectivity index (χ2v) is 7.09. The van der Waals surface area contributed by atoms with Crippen molar-refractivity contribution < 1.29 is 0 Å². The van der Waals surface area contributed by atoms with Crippen LogP contribution in [-0.4, -0.2) is 20.8 Å². The summed E-state index contributed by atoms with van der Waals surface area (Å²) in [6, 6.07) is 16.2. The molecule has 0 saturated heterocycles. The molecule has 0 spiro atoms. The second kappa shape index (κ2) is 5.95. The predicted molar refractivity (Wildman–Crippen MR) is 95.3 cm³/mol. The van der Waals surface area contributed by atoms with E-state index in [1.54, 1.807) is 0 Å². The van der Waals surface area contributed by atoms with Crippen molar-refractivity contribution >= 4 is 22.6 Å². The highest BCUT2D eigenvalue weighted by molar-refractivity contribution is 5.93. The Hall–Kier alpha value is -2.49. The Kier molecular flexibility index (Phi) is 3.99. The molecular formula is C19H22N4. The fraction of sp³-hybridized carbons (Fsp3) is 0.316. The molecule has 0 atom stereocenters. The van der Waals surface area contributed by atoms with E-state index in [1.807, 2.05) is 41.1 Å². The molecule has 0 amide bonds. The minimum atomic E-state index is 0.108. The SMILES string of the molecule is Cc1ccc(N=C(CC(C)(C)C)n2nnc3ccccc32)cc1. The van der Waals surface area contributed by atoms with Crippen molar-refractivity contribution in [1.82, 2.24) is 15.0 Å². The van der Waals surface area contributed by atoms with Crippen molar-refractivity contribution in [2.45, 2.75) is 34.1 Å². The summed E-state index contributed by atoms with van der Waals surface area (Å²) < 4.78 is 1.86. The van der Waals surface area contributed by atoms with Crippen LogP contribution < -0.4 is 0 Å². The van der Waals surface area contributed by atoms with Gasteiger partial charge in [-0.2, -0.15) is 4.68 Å². The van der Waals surface area contributed by atoms with Gasteiger partial charge < -0.3 is 0 Å². The number of nitrogens with zero attached hydrogens (tertiary/aromatic N) is 4. The molecule has 3 rings (SSSR count). The highest BCUT2D eigenvalue weighted by Gasteiger charge is 2.18. The van der Waals surface area contributed by atoms with Gasteiger partial charge in [0, 0.05) is 6.42 Å². The van der Waals surface area contributed by atoms with Crippen LogP contribution in [0.1, 0.15) is 32.8 Å². The first-order valence-electron chi connectivity index (χ1n) is 7.87. The Morgan fingerprint density at radius 1 is 1.04 bits per heavy atom. The Balaban J connectivity index is 2.10. The van der Waals surface area contributed by atoms with Crippen molar-refractivity contribution in [3.63, 3.8) is 0 Å². The van der Waals surface area contributed by atoms with Crippen LogP contribution in [0.25, 0.3) is 11.0 Å². The van der Waals surface area contributed by atoms with Crippen LogP contribution in [0.2, 0.25) is 0 Å². The quantitative estimate of drug-likeness (QED) is 0.506. The van der Waals surface area contributed by atoms with Crippen molar-refractivity contribution in [1.29, 1.82) is 0 Å². The molecule has 4 heteroatoms. The molecule has 2 aromatic carbocycles. The van der Waals surface area contributed by atoms with Crippen molar-refractivity contribution in [3.8, 4) is 0 Å². The summed E-state index contributed by atoms with van der Waals surface area (Å²) in [5.74, 6) is 0.912. The van der Waals surface area contributed by atoms with Crippen LogP contribution in [0.15, 0.2) is 53.5 Å². The molecule has 0 saturated carbocycles. The smallest absolute Gasteiger partial charge is 0.133 e. The summed E-state index contributed by atoms with van der Waals surface area (Å²) >= 11 is 0. The standard InChI is InChI=1S/C19H22N4/c1-14-9-11-15(12-10-14)20-18(13-19(2,3)4)23-17-8-6-5-7-16(17)21-22-23/h5-12H,13H2,1-4H3. The molecule has 118 valence electrons. The Bertz CT molecular complexity index is 836. The summed E-state index contributed by atoms with van der Waals surface area (Å²) in [6.07, 6.45) is 0.814. The van der Waals surface area contributed by atoms with E-state index >= 15 is 0 Å². The van der Waals surface area contributed by atoms with Gasteiger partial charge >= 0.3 is 0 Å².